The second-order valence-corrected chi connectivity index (χ2v) is 7.38. The van der Waals surface area contributed by atoms with E-state index in [1.165, 1.54) is 12.8 Å². The van der Waals surface area contributed by atoms with Gasteiger partial charge in [0.2, 0.25) is 0 Å². The zero-order valence-electron chi connectivity index (χ0n) is 10.6. The van der Waals surface area contributed by atoms with Gasteiger partial charge in [-0.3, -0.25) is 0 Å². The van der Waals surface area contributed by atoms with Crippen molar-refractivity contribution in [2.75, 3.05) is 0 Å². The van der Waals surface area contributed by atoms with E-state index in [2.05, 4.69) is 16.5 Å². The fraction of sp³-hybridized carbons (Fsp3) is 0.500. The van der Waals surface area contributed by atoms with Crippen molar-refractivity contribution in [3.05, 3.63) is 35.9 Å². The molecule has 1 saturated carbocycles. The van der Waals surface area contributed by atoms with Gasteiger partial charge in [-0.05, 0) is 33.6 Å². The van der Waals surface area contributed by atoms with Gasteiger partial charge in [-0.2, -0.15) is 0 Å². The molecule has 1 fully saturated rings. The molecule has 1 atom stereocenters. The Morgan fingerprint density at radius 2 is 1.82 bits per heavy atom. The third kappa shape index (κ3) is 3.33. The normalized spacial score (nSPS) is 19.2. The maximum Gasteiger partial charge on any atom is 0.144 e. The molecule has 2 nitrogen and oxygen atoms in total. The molecule has 0 aromatic heterocycles. The summed E-state index contributed by atoms with van der Waals surface area (Å²) in [5.41, 5.74) is 2.14. The van der Waals surface area contributed by atoms with Gasteiger partial charge in [0.05, 0.1) is 0 Å². The van der Waals surface area contributed by atoms with Gasteiger partial charge in [0, 0.05) is 11.5 Å². The van der Waals surface area contributed by atoms with Crippen LogP contribution in [0, 0.1) is 5.92 Å². The molecule has 0 radical (unpaired) electrons. The number of nitrogens with zero attached hydrogens (tertiary/aromatic N) is 1. The van der Waals surface area contributed by atoms with E-state index >= 15 is 0 Å². The van der Waals surface area contributed by atoms with E-state index in [1.807, 2.05) is 39.0 Å². The Labute approximate surface area is 106 Å². The van der Waals surface area contributed by atoms with Crippen molar-refractivity contribution >= 4 is 17.1 Å². The highest BCUT2D eigenvalue weighted by Gasteiger charge is 2.33. The predicted molar refractivity (Wildman–Crippen MR) is 73.6 cm³/mol. The summed E-state index contributed by atoms with van der Waals surface area (Å²) in [6.07, 6.45) is 2.35. The van der Waals surface area contributed by atoms with Gasteiger partial charge in [-0.1, -0.05) is 34.7 Å². The zero-order chi connectivity index (χ0) is 12.5. The van der Waals surface area contributed by atoms with Crippen molar-refractivity contribution in [3.63, 3.8) is 0 Å². The Morgan fingerprint density at radius 1 is 1.24 bits per heavy atom. The molecule has 0 aliphatic heterocycles. The minimum Gasteiger partial charge on any atom is -0.591 e. The highest BCUT2D eigenvalue weighted by Crippen LogP contribution is 2.34. The Bertz CT molecular complexity index is 404. The fourth-order valence-electron chi connectivity index (χ4n) is 1.55. The summed E-state index contributed by atoms with van der Waals surface area (Å²) in [6, 6.07) is 10.1. The molecule has 0 bridgehead atoms. The summed E-state index contributed by atoms with van der Waals surface area (Å²) >= 11 is -1.16. The molecule has 3 heteroatoms. The summed E-state index contributed by atoms with van der Waals surface area (Å²) in [5, 5.41) is 0. The third-order valence-corrected chi connectivity index (χ3v) is 4.15. The molecule has 1 unspecified atom stereocenters. The average molecular weight is 249 g/mol. The number of hydrogen-bond acceptors (Lipinski definition) is 2. The monoisotopic (exact) mass is 249 g/mol. The third-order valence-electron chi connectivity index (χ3n) is 2.74. The molecular weight excluding hydrogens is 230 g/mol. The first-order chi connectivity index (χ1) is 7.98. The van der Waals surface area contributed by atoms with Crippen LogP contribution in [-0.2, 0) is 11.4 Å². The van der Waals surface area contributed by atoms with Gasteiger partial charge in [0.1, 0.15) is 21.8 Å². The SMILES string of the molecule is CC(C)(C)[S+]([O-])N=C(c1ccccc1)C1CC1. The first-order valence-corrected chi connectivity index (χ1v) is 7.15. The van der Waals surface area contributed by atoms with Crippen LogP contribution in [0.15, 0.2) is 34.7 Å². The van der Waals surface area contributed by atoms with Crippen molar-refractivity contribution < 1.29 is 4.55 Å². The number of rotatable bonds is 3. The van der Waals surface area contributed by atoms with E-state index in [0.29, 0.717) is 5.92 Å². The minimum atomic E-state index is -1.16. The van der Waals surface area contributed by atoms with Gasteiger partial charge in [-0.15, -0.1) is 0 Å². The van der Waals surface area contributed by atoms with Gasteiger partial charge < -0.3 is 4.55 Å². The van der Waals surface area contributed by atoms with Gasteiger partial charge in [0.15, 0.2) is 0 Å². The lowest BCUT2D eigenvalue weighted by Crippen LogP contribution is -2.27. The first-order valence-electron chi connectivity index (χ1n) is 6.04. The van der Waals surface area contributed by atoms with Gasteiger partial charge in [0.25, 0.3) is 0 Å². The van der Waals surface area contributed by atoms with Crippen LogP contribution in [0.3, 0.4) is 0 Å². The van der Waals surface area contributed by atoms with E-state index in [1.54, 1.807) is 0 Å². The molecule has 1 aliphatic rings. The van der Waals surface area contributed by atoms with E-state index < -0.39 is 11.4 Å². The molecular formula is C14H19NOS. The molecule has 1 aromatic carbocycles. The molecule has 92 valence electrons. The van der Waals surface area contributed by atoms with Crippen LogP contribution in [0.5, 0.6) is 0 Å². The van der Waals surface area contributed by atoms with Crippen LogP contribution in [0.2, 0.25) is 0 Å². The van der Waals surface area contributed by atoms with Crippen LogP contribution >= 0.6 is 0 Å². The Kier molecular flexibility index (Phi) is 3.59. The van der Waals surface area contributed by atoms with Crippen LogP contribution in [0.4, 0.5) is 0 Å². The lowest BCUT2D eigenvalue weighted by Gasteiger charge is -2.19. The second-order valence-electron chi connectivity index (χ2n) is 5.48. The van der Waals surface area contributed by atoms with Crippen molar-refractivity contribution in [1.82, 2.24) is 0 Å². The summed E-state index contributed by atoms with van der Waals surface area (Å²) in [4.78, 5) is 0. The lowest BCUT2D eigenvalue weighted by molar-refractivity contribution is 0.561. The Hall–Kier alpha value is -0.800. The molecule has 0 amide bonds. The van der Waals surface area contributed by atoms with E-state index in [-0.39, 0.29) is 4.75 Å². The topological polar surface area (TPSA) is 35.4 Å². The van der Waals surface area contributed by atoms with E-state index in [9.17, 15) is 4.55 Å². The highest BCUT2D eigenvalue weighted by molar-refractivity contribution is 7.91. The molecule has 0 N–H and O–H groups in total. The smallest absolute Gasteiger partial charge is 0.144 e. The van der Waals surface area contributed by atoms with Crippen molar-refractivity contribution in [1.29, 1.82) is 0 Å². The van der Waals surface area contributed by atoms with E-state index in [4.69, 9.17) is 0 Å². The van der Waals surface area contributed by atoms with Crippen LogP contribution in [0.1, 0.15) is 39.2 Å². The molecule has 0 saturated heterocycles. The molecule has 2 rings (SSSR count). The van der Waals surface area contributed by atoms with Crippen molar-refractivity contribution in [2.45, 2.75) is 38.4 Å². The summed E-state index contributed by atoms with van der Waals surface area (Å²) < 4.78 is 16.3. The van der Waals surface area contributed by atoms with Gasteiger partial charge >= 0.3 is 0 Å². The predicted octanol–water partition coefficient (Wildman–Crippen LogP) is 3.35. The molecule has 0 spiro atoms. The molecule has 1 aliphatic carbocycles. The zero-order valence-corrected chi connectivity index (χ0v) is 11.5. The second kappa shape index (κ2) is 4.83. The molecule has 1 aromatic rings. The average Bonchev–Trinajstić information content (AvgIpc) is 3.09. The highest BCUT2D eigenvalue weighted by atomic mass is 32.2. The summed E-state index contributed by atoms with van der Waals surface area (Å²) in [6.45, 7) is 5.88. The number of hydrogen-bond donors (Lipinski definition) is 0. The lowest BCUT2D eigenvalue weighted by atomic mass is 10.1. The van der Waals surface area contributed by atoms with Crippen molar-refractivity contribution in [2.24, 2.45) is 10.3 Å². The summed E-state index contributed by atoms with van der Waals surface area (Å²) in [5.74, 6) is 0.517. The fourth-order valence-corrected chi connectivity index (χ4v) is 2.26. The van der Waals surface area contributed by atoms with Crippen LogP contribution in [-0.4, -0.2) is 15.0 Å². The van der Waals surface area contributed by atoms with E-state index in [0.717, 1.165) is 11.3 Å². The summed E-state index contributed by atoms with van der Waals surface area (Å²) in [7, 11) is 0. The minimum absolute atomic E-state index is 0.283. The molecule has 0 heterocycles. The quantitative estimate of drug-likeness (QED) is 0.597. The first kappa shape index (κ1) is 12.7. The Balaban J connectivity index is 2.27. The van der Waals surface area contributed by atoms with Crippen LogP contribution < -0.4 is 0 Å². The largest absolute Gasteiger partial charge is 0.591 e. The maximum atomic E-state index is 12.1. The van der Waals surface area contributed by atoms with Crippen molar-refractivity contribution in [3.8, 4) is 0 Å². The Morgan fingerprint density at radius 3 is 2.29 bits per heavy atom. The maximum absolute atomic E-state index is 12.1. The van der Waals surface area contributed by atoms with Crippen LogP contribution in [0.25, 0.3) is 0 Å². The standard InChI is InChI=1S/C14H19NOS/c1-14(2,3)17(16)15-13(12-9-10-12)11-7-5-4-6-8-11/h4-8,12H,9-10H2,1-3H3. The van der Waals surface area contributed by atoms with Gasteiger partial charge in [-0.25, -0.2) is 0 Å². The molecule has 17 heavy (non-hydrogen) atoms. The number of benzene rings is 1.